The van der Waals surface area contributed by atoms with Crippen LogP contribution in [0.2, 0.25) is 0 Å². The maximum absolute atomic E-state index is 12.5. The Morgan fingerprint density at radius 1 is 1.23 bits per heavy atom. The molecule has 122 valence electrons. The van der Waals surface area contributed by atoms with Gasteiger partial charge in [-0.25, -0.2) is 4.79 Å². The number of carbonyl (C=O) groups excluding carboxylic acids is 1. The summed E-state index contributed by atoms with van der Waals surface area (Å²) in [7, 11) is 0. The van der Waals surface area contributed by atoms with Crippen LogP contribution in [0, 0.1) is 5.41 Å². The number of amides is 2. The fraction of sp³-hybridized carbons (Fsp3) is 0.385. The number of halogens is 4. The minimum absolute atomic E-state index is 0.130. The molecule has 0 saturated carbocycles. The number of anilines is 1. The Morgan fingerprint density at radius 2 is 1.82 bits per heavy atom. The van der Waals surface area contributed by atoms with E-state index in [1.165, 1.54) is 6.07 Å². The van der Waals surface area contributed by atoms with E-state index in [-0.39, 0.29) is 16.1 Å². The fourth-order valence-electron chi connectivity index (χ4n) is 1.44. The topological polar surface area (TPSA) is 77.0 Å². The summed E-state index contributed by atoms with van der Waals surface area (Å²) in [6, 6.07) is 2.36. The van der Waals surface area contributed by atoms with Crippen LogP contribution in [0.1, 0.15) is 26.3 Å². The highest BCUT2D eigenvalue weighted by atomic mass is 79.9. The van der Waals surface area contributed by atoms with Gasteiger partial charge in [-0.1, -0.05) is 0 Å². The number of nitrogens with one attached hydrogen (secondary N) is 4. The van der Waals surface area contributed by atoms with Crippen LogP contribution in [0.5, 0.6) is 0 Å². The van der Waals surface area contributed by atoms with E-state index < -0.39 is 23.3 Å². The first-order valence-electron chi connectivity index (χ1n) is 6.20. The summed E-state index contributed by atoms with van der Waals surface area (Å²) in [5.74, 6) is -0.359. The number of alkyl halides is 3. The van der Waals surface area contributed by atoms with E-state index >= 15 is 0 Å². The third-order valence-corrected chi connectivity index (χ3v) is 2.94. The molecule has 5 nitrogen and oxygen atoms in total. The van der Waals surface area contributed by atoms with E-state index in [9.17, 15) is 18.0 Å². The highest BCUT2D eigenvalue weighted by Gasteiger charge is 2.30. The van der Waals surface area contributed by atoms with Crippen LogP contribution in [0.4, 0.5) is 23.7 Å². The normalized spacial score (nSPS) is 11.8. The Hall–Kier alpha value is -1.77. The van der Waals surface area contributed by atoms with Gasteiger partial charge in [0.25, 0.3) is 0 Å². The van der Waals surface area contributed by atoms with Crippen molar-refractivity contribution in [3.05, 3.63) is 28.2 Å². The molecule has 0 spiro atoms. The van der Waals surface area contributed by atoms with Gasteiger partial charge in [-0.05, 0) is 54.9 Å². The molecule has 0 fully saturated rings. The third-order valence-electron chi connectivity index (χ3n) is 2.28. The molecule has 2 amide bonds. The number of hydrogen-bond acceptors (Lipinski definition) is 2. The summed E-state index contributed by atoms with van der Waals surface area (Å²) in [6.07, 6.45) is -4.45. The zero-order chi connectivity index (χ0) is 17.1. The summed E-state index contributed by atoms with van der Waals surface area (Å²) in [5.41, 5.74) is -1.05. The maximum atomic E-state index is 12.5. The third kappa shape index (κ3) is 5.92. The summed E-state index contributed by atoms with van der Waals surface area (Å²) in [5, 5.41) is 14.9. The van der Waals surface area contributed by atoms with Crippen LogP contribution in [-0.4, -0.2) is 17.5 Å². The van der Waals surface area contributed by atoms with Crippen molar-refractivity contribution in [1.82, 2.24) is 10.6 Å². The van der Waals surface area contributed by atoms with Gasteiger partial charge in [-0.15, -0.1) is 0 Å². The lowest BCUT2D eigenvalue weighted by molar-refractivity contribution is -0.137. The van der Waals surface area contributed by atoms with Crippen molar-refractivity contribution in [3.8, 4) is 0 Å². The Morgan fingerprint density at radius 3 is 2.27 bits per heavy atom. The number of carbonyl (C=O) groups is 1. The summed E-state index contributed by atoms with van der Waals surface area (Å²) in [6.45, 7) is 5.32. The van der Waals surface area contributed by atoms with Gasteiger partial charge in [0, 0.05) is 10.0 Å². The van der Waals surface area contributed by atoms with Crippen molar-refractivity contribution in [3.63, 3.8) is 0 Å². The first kappa shape index (κ1) is 18.3. The van der Waals surface area contributed by atoms with Crippen molar-refractivity contribution in [1.29, 1.82) is 5.41 Å². The van der Waals surface area contributed by atoms with Gasteiger partial charge in [-0.2, -0.15) is 13.2 Å². The molecule has 22 heavy (non-hydrogen) atoms. The smallest absolute Gasteiger partial charge is 0.333 e. The second-order valence-electron chi connectivity index (χ2n) is 5.52. The van der Waals surface area contributed by atoms with Gasteiger partial charge in [-0.3, -0.25) is 10.7 Å². The molecule has 1 rings (SSSR count). The number of benzene rings is 1. The molecule has 0 bridgehead atoms. The van der Waals surface area contributed by atoms with Gasteiger partial charge >= 0.3 is 12.2 Å². The quantitative estimate of drug-likeness (QED) is 0.440. The summed E-state index contributed by atoms with van der Waals surface area (Å²) in [4.78, 5) is 11.6. The Labute approximate surface area is 134 Å². The average Bonchev–Trinajstić information content (AvgIpc) is 2.27. The highest BCUT2D eigenvalue weighted by Crippen LogP contribution is 2.33. The van der Waals surface area contributed by atoms with Crippen molar-refractivity contribution in [2.45, 2.75) is 32.5 Å². The molecule has 0 saturated heterocycles. The summed E-state index contributed by atoms with van der Waals surface area (Å²) >= 11 is 3.00. The second-order valence-corrected chi connectivity index (χ2v) is 6.38. The zero-order valence-corrected chi connectivity index (χ0v) is 13.7. The fourth-order valence-corrected chi connectivity index (χ4v) is 1.92. The Balaban J connectivity index is 2.71. The van der Waals surface area contributed by atoms with E-state index in [4.69, 9.17) is 5.41 Å². The molecule has 0 aromatic heterocycles. The largest absolute Gasteiger partial charge is 0.416 e. The van der Waals surface area contributed by atoms with Gasteiger partial charge in [0.15, 0.2) is 0 Å². The van der Waals surface area contributed by atoms with Crippen LogP contribution in [-0.2, 0) is 6.18 Å². The maximum Gasteiger partial charge on any atom is 0.416 e. The monoisotopic (exact) mass is 380 g/mol. The van der Waals surface area contributed by atoms with Crippen LogP contribution in [0.15, 0.2) is 22.7 Å². The minimum Gasteiger partial charge on any atom is -0.333 e. The predicted octanol–water partition coefficient (Wildman–Crippen LogP) is 3.91. The lowest BCUT2D eigenvalue weighted by atomic mass is 10.1. The van der Waals surface area contributed by atoms with E-state index in [2.05, 4.69) is 31.9 Å². The standard InChI is InChI=1S/C13H16BrF3N4O/c1-12(2,3)21-11(22)20-10(18)19-9-5-4-7(6-8(9)14)13(15,16)17/h4-6H,1-3H3,(H4,18,19,20,21,22). The number of guanidine groups is 1. The SMILES string of the molecule is CC(C)(C)NC(=O)NC(=N)Nc1ccc(C(F)(F)F)cc1Br. The molecule has 1 aromatic rings. The van der Waals surface area contributed by atoms with Crippen LogP contribution < -0.4 is 16.0 Å². The first-order chi connectivity index (χ1) is 9.88. The van der Waals surface area contributed by atoms with Crippen molar-refractivity contribution >= 4 is 33.6 Å². The van der Waals surface area contributed by atoms with Crippen LogP contribution in [0.25, 0.3) is 0 Å². The van der Waals surface area contributed by atoms with Crippen molar-refractivity contribution in [2.24, 2.45) is 0 Å². The van der Waals surface area contributed by atoms with Crippen LogP contribution >= 0.6 is 15.9 Å². The zero-order valence-electron chi connectivity index (χ0n) is 12.2. The lowest BCUT2D eigenvalue weighted by Crippen LogP contribution is -2.49. The molecule has 0 heterocycles. The molecule has 1 aromatic carbocycles. The molecule has 0 atom stereocenters. The molecule has 0 aliphatic heterocycles. The van der Waals surface area contributed by atoms with E-state index in [1.54, 1.807) is 20.8 Å². The summed E-state index contributed by atoms with van der Waals surface area (Å²) < 4.78 is 37.8. The lowest BCUT2D eigenvalue weighted by Gasteiger charge is -2.21. The number of rotatable bonds is 1. The predicted molar refractivity (Wildman–Crippen MR) is 81.9 cm³/mol. The first-order valence-corrected chi connectivity index (χ1v) is 6.99. The second kappa shape index (κ2) is 6.55. The Bertz CT molecular complexity index is 582. The Kier molecular flexibility index (Phi) is 5.44. The number of urea groups is 1. The van der Waals surface area contributed by atoms with Crippen LogP contribution in [0.3, 0.4) is 0 Å². The molecule has 4 N–H and O–H groups in total. The minimum atomic E-state index is -4.45. The number of hydrogen-bond donors (Lipinski definition) is 4. The molecular weight excluding hydrogens is 365 g/mol. The molecule has 0 aliphatic carbocycles. The molecule has 0 radical (unpaired) electrons. The van der Waals surface area contributed by atoms with Crippen molar-refractivity contribution in [2.75, 3.05) is 5.32 Å². The van der Waals surface area contributed by atoms with E-state index in [0.717, 1.165) is 12.1 Å². The molecule has 0 aliphatic rings. The average molecular weight is 381 g/mol. The van der Waals surface area contributed by atoms with Gasteiger partial charge in [0.2, 0.25) is 5.96 Å². The van der Waals surface area contributed by atoms with Gasteiger partial charge in [0.1, 0.15) is 0 Å². The van der Waals surface area contributed by atoms with Gasteiger partial charge < -0.3 is 10.6 Å². The van der Waals surface area contributed by atoms with E-state index in [0.29, 0.717) is 0 Å². The molecular formula is C13H16BrF3N4O. The molecule has 0 unspecified atom stereocenters. The van der Waals surface area contributed by atoms with E-state index in [1.807, 2.05) is 0 Å². The highest BCUT2D eigenvalue weighted by molar-refractivity contribution is 9.10. The molecule has 9 heteroatoms. The van der Waals surface area contributed by atoms with Gasteiger partial charge in [0.05, 0.1) is 11.3 Å². The van der Waals surface area contributed by atoms with Crippen molar-refractivity contribution < 1.29 is 18.0 Å².